The Balaban J connectivity index is 1.41. The molecule has 0 spiro atoms. The van der Waals surface area contributed by atoms with E-state index in [0.717, 1.165) is 5.82 Å². The molecule has 1 aliphatic rings. The monoisotopic (exact) mass is 432 g/mol. The zero-order chi connectivity index (χ0) is 21.1. The number of sulfonamides is 1. The van der Waals surface area contributed by atoms with E-state index in [-0.39, 0.29) is 4.90 Å². The predicted molar refractivity (Wildman–Crippen MR) is 110 cm³/mol. The lowest BCUT2D eigenvalue weighted by Gasteiger charge is -2.34. The average molecular weight is 433 g/mol. The topological polar surface area (TPSA) is 102 Å². The molecule has 160 valence electrons. The molecule has 0 amide bonds. The standard InChI is InChI=1S/C19H24N6O4S/c1-15-20-21-18-7-8-19(22-25(15)18)23-9-11-24(12-10-23)30(26,27)17-5-3-16(4-6-17)29-14-13-28-2/h3-8H,9-14H2,1-2H3. The van der Waals surface area contributed by atoms with Gasteiger partial charge in [-0.3, -0.25) is 0 Å². The number of hydrogen-bond donors (Lipinski definition) is 0. The highest BCUT2D eigenvalue weighted by Crippen LogP contribution is 2.22. The van der Waals surface area contributed by atoms with Gasteiger partial charge in [-0.25, -0.2) is 8.42 Å². The molecule has 1 saturated heterocycles. The number of anilines is 1. The maximum atomic E-state index is 13.0. The minimum absolute atomic E-state index is 0.259. The zero-order valence-corrected chi connectivity index (χ0v) is 17.7. The first-order valence-electron chi connectivity index (χ1n) is 9.65. The van der Waals surface area contributed by atoms with E-state index in [0.29, 0.717) is 56.6 Å². The van der Waals surface area contributed by atoms with Crippen molar-refractivity contribution in [3.8, 4) is 5.75 Å². The summed E-state index contributed by atoms with van der Waals surface area (Å²) in [5.74, 6) is 2.10. The summed E-state index contributed by atoms with van der Waals surface area (Å²) in [4.78, 5) is 2.33. The van der Waals surface area contributed by atoms with E-state index in [2.05, 4.69) is 20.2 Å². The highest BCUT2D eigenvalue weighted by molar-refractivity contribution is 7.89. The van der Waals surface area contributed by atoms with Crippen molar-refractivity contribution >= 4 is 21.5 Å². The average Bonchev–Trinajstić information content (AvgIpc) is 3.14. The molecule has 1 aliphatic heterocycles. The SMILES string of the molecule is COCCOc1ccc(S(=O)(=O)N2CCN(c3ccc4nnc(C)n4n3)CC2)cc1. The zero-order valence-electron chi connectivity index (χ0n) is 16.9. The number of methoxy groups -OCH3 is 1. The van der Waals surface area contributed by atoms with Crippen molar-refractivity contribution in [3.05, 3.63) is 42.2 Å². The molecule has 11 heteroatoms. The summed E-state index contributed by atoms with van der Waals surface area (Å²) in [6.07, 6.45) is 0. The summed E-state index contributed by atoms with van der Waals surface area (Å²) in [5, 5.41) is 12.6. The van der Waals surface area contributed by atoms with Crippen LogP contribution in [0.4, 0.5) is 5.82 Å². The number of rotatable bonds is 7. The Morgan fingerprint density at radius 2 is 1.70 bits per heavy atom. The van der Waals surface area contributed by atoms with E-state index in [4.69, 9.17) is 9.47 Å². The molecule has 0 aliphatic carbocycles. The number of aryl methyl sites for hydroxylation is 1. The van der Waals surface area contributed by atoms with E-state index >= 15 is 0 Å². The van der Waals surface area contributed by atoms with Gasteiger partial charge in [-0.1, -0.05) is 0 Å². The van der Waals surface area contributed by atoms with Crippen molar-refractivity contribution in [1.82, 2.24) is 24.1 Å². The Hall–Kier alpha value is -2.76. The lowest BCUT2D eigenvalue weighted by atomic mass is 10.3. The maximum Gasteiger partial charge on any atom is 0.243 e. The van der Waals surface area contributed by atoms with E-state index in [1.165, 1.54) is 4.31 Å². The summed E-state index contributed by atoms with van der Waals surface area (Å²) in [5.41, 5.74) is 0.687. The van der Waals surface area contributed by atoms with Gasteiger partial charge >= 0.3 is 0 Å². The smallest absolute Gasteiger partial charge is 0.243 e. The summed E-state index contributed by atoms with van der Waals surface area (Å²) < 4.78 is 39.6. The van der Waals surface area contributed by atoms with Crippen molar-refractivity contribution in [3.63, 3.8) is 0 Å². The Morgan fingerprint density at radius 3 is 2.40 bits per heavy atom. The van der Waals surface area contributed by atoms with Crippen LogP contribution in [-0.2, 0) is 14.8 Å². The number of aromatic nitrogens is 4. The van der Waals surface area contributed by atoms with Crippen molar-refractivity contribution in [1.29, 1.82) is 0 Å². The summed E-state index contributed by atoms with van der Waals surface area (Å²) in [7, 11) is -1.96. The Bertz CT molecular complexity index is 1110. The van der Waals surface area contributed by atoms with Gasteiger partial charge in [-0.2, -0.15) is 8.82 Å². The predicted octanol–water partition coefficient (Wildman–Crippen LogP) is 0.969. The molecule has 0 bridgehead atoms. The van der Waals surface area contributed by atoms with Crippen LogP contribution in [0.2, 0.25) is 0 Å². The van der Waals surface area contributed by atoms with Crippen LogP contribution in [0.5, 0.6) is 5.75 Å². The molecule has 1 aromatic carbocycles. The van der Waals surface area contributed by atoms with Gasteiger partial charge in [-0.15, -0.1) is 15.3 Å². The van der Waals surface area contributed by atoms with Crippen LogP contribution in [0.3, 0.4) is 0 Å². The molecular formula is C19H24N6O4S. The molecule has 0 radical (unpaired) electrons. The number of nitrogens with zero attached hydrogens (tertiary/aromatic N) is 6. The van der Waals surface area contributed by atoms with Crippen LogP contribution in [0, 0.1) is 6.92 Å². The Labute approximate surface area is 175 Å². The molecular weight excluding hydrogens is 408 g/mol. The molecule has 30 heavy (non-hydrogen) atoms. The summed E-state index contributed by atoms with van der Waals surface area (Å²) in [6.45, 7) is 4.61. The van der Waals surface area contributed by atoms with E-state index in [1.54, 1.807) is 35.9 Å². The molecule has 0 saturated carbocycles. The van der Waals surface area contributed by atoms with Gasteiger partial charge in [-0.05, 0) is 43.3 Å². The maximum absolute atomic E-state index is 13.0. The van der Waals surface area contributed by atoms with Gasteiger partial charge in [0, 0.05) is 33.3 Å². The largest absolute Gasteiger partial charge is 0.491 e. The van der Waals surface area contributed by atoms with Crippen molar-refractivity contribution in [2.75, 3.05) is 51.4 Å². The fraction of sp³-hybridized carbons (Fsp3) is 0.421. The first kappa shape index (κ1) is 20.5. The second-order valence-corrected chi connectivity index (χ2v) is 8.85. The molecule has 4 rings (SSSR count). The minimum atomic E-state index is -3.56. The van der Waals surface area contributed by atoms with Gasteiger partial charge in [0.1, 0.15) is 18.2 Å². The van der Waals surface area contributed by atoms with Crippen LogP contribution in [0.1, 0.15) is 5.82 Å². The summed E-state index contributed by atoms with van der Waals surface area (Å²) in [6, 6.07) is 10.2. The fourth-order valence-electron chi connectivity index (χ4n) is 3.31. The highest BCUT2D eigenvalue weighted by Gasteiger charge is 2.29. The van der Waals surface area contributed by atoms with Crippen LogP contribution in [-0.4, -0.2) is 79.0 Å². The van der Waals surface area contributed by atoms with Crippen molar-refractivity contribution < 1.29 is 17.9 Å². The van der Waals surface area contributed by atoms with Crippen LogP contribution >= 0.6 is 0 Å². The second kappa shape index (κ2) is 8.54. The molecule has 0 N–H and O–H groups in total. The lowest BCUT2D eigenvalue weighted by Crippen LogP contribution is -2.49. The fourth-order valence-corrected chi connectivity index (χ4v) is 4.73. The van der Waals surface area contributed by atoms with Crippen LogP contribution in [0.15, 0.2) is 41.3 Å². The highest BCUT2D eigenvalue weighted by atomic mass is 32.2. The van der Waals surface area contributed by atoms with Gasteiger partial charge in [0.25, 0.3) is 0 Å². The number of fused-ring (bicyclic) bond motifs is 1. The first-order chi connectivity index (χ1) is 14.5. The molecule has 0 atom stereocenters. The third-order valence-corrected chi connectivity index (χ3v) is 6.90. The lowest BCUT2D eigenvalue weighted by molar-refractivity contribution is 0.146. The molecule has 3 aromatic rings. The minimum Gasteiger partial charge on any atom is -0.491 e. The van der Waals surface area contributed by atoms with Gasteiger partial charge in [0.2, 0.25) is 10.0 Å². The third kappa shape index (κ3) is 4.09. The number of hydrogen-bond acceptors (Lipinski definition) is 8. The number of piperazine rings is 1. The van der Waals surface area contributed by atoms with Crippen LogP contribution in [0.25, 0.3) is 5.65 Å². The molecule has 3 heterocycles. The second-order valence-electron chi connectivity index (χ2n) is 6.91. The number of benzene rings is 1. The molecule has 1 fully saturated rings. The van der Waals surface area contributed by atoms with E-state index in [9.17, 15) is 8.42 Å². The van der Waals surface area contributed by atoms with Gasteiger partial charge in [0.15, 0.2) is 11.5 Å². The third-order valence-electron chi connectivity index (χ3n) is 4.98. The molecule has 2 aromatic heterocycles. The summed E-state index contributed by atoms with van der Waals surface area (Å²) >= 11 is 0. The molecule has 0 unspecified atom stereocenters. The number of ether oxygens (including phenoxy) is 2. The van der Waals surface area contributed by atoms with Crippen molar-refractivity contribution in [2.24, 2.45) is 0 Å². The Kier molecular flexibility index (Phi) is 5.84. The molecule has 10 nitrogen and oxygen atoms in total. The van der Waals surface area contributed by atoms with Gasteiger partial charge < -0.3 is 14.4 Å². The van der Waals surface area contributed by atoms with E-state index < -0.39 is 10.0 Å². The Morgan fingerprint density at radius 1 is 0.967 bits per heavy atom. The first-order valence-corrected chi connectivity index (χ1v) is 11.1. The van der Waals surface area contributed by atoms with E-state index in [1.807, 2.05) is 19.1 Å². The quantitative estimate of drug-likeness (QED) is 0.509. The van der Waals surface area contributed by atoms with Crippen molar-refractivity contribution in [2.45, 2.75) is 11.8 Å². The normalized spacial score (nSPS) is 15.6. The van der Waals surface area contributed by atoms with Gasteiger partial charge in [0.05, 0.1) is 11.5 Å². The van der Waals surface area contributed by atoms with Crippen LogP contribution < -0.4 is 9.64 Å².